The van der Waals surface area contributed by atoms with E-state index in [-0.39, 0.29) is 5.56 Å². The van der Waals surface area contributed by atoms with E-state index in [4.69, 9.17) is 0 Å². The van der Waals surface area contributed by atoms with Crippen molar-refractivity contribution >= 4 is 27.7 Å². The lowest BCUT2D eigenvalue weighted by Gasteiger charge is -2.07. The molecule has 0 atom stereocenters. The molecule has 0 aromatic carbocycles. The van der Waals surface area contributed by atoms with E-state index < -0.39 is 0 Å². The van der Waals surface area contributed by atoms with Gasteiger partial charge in [-0.1, -0.05) is 12.8 Å². The SMILES string of the molecule is O=c1[nH]c(CSC2CCCC2)ncc1Br. The Bertz CT molecular complexity index is 387. The third kappa shape index (κ3) is 3.08. The summed E-state index contributed by atoms with van der Waals surface area (Å²) in [5, 5.41) is 0.763. The molecule has 0 bridgehead atoms. The van der Waals surface area contributed by atoms with Crippen LogP contribution in [-0.2, 0) is 5.75 Å². The molecule has 0 radical (unpaired) electrons. The summed E-state index contributed by atoms with van der Waals surface area (Å²) < 4.78 is 0.497. The maximum Gasteiger partial charge on any atom is 0.265 e. The Morgan fingerprint density at radius 3 is 2.93 bits per heavy atom. The summed E-state index contributed by atoms with van der Waals surface area (Å²) in [7, 11) is 0. The molecule has 1 aliphatic rings. The molecular weight excluding hydrogens is 276 g/mol. The number of thioether (sulfide) groups is 1. The molecule has 0 amide bonds. The maximum atomic E-state index is 11.3. The lowest BCUT2D eigenvalue weighted by atomic mass is 10.4. The van der Waals surface area contributed by atoms with Gasteiger partial charge in [-0.2, -0.15) is 11.8 Å². The van der Waals surface area contributed by atoms with Crippen molar-refractivity contribution < 1.29 is 0 Å². The molecule has 1 heterocycles. The van der Waals surface area contributed by atoms with Gasteiger partial charge in [0.1, 0.15) is 10.3 Å². The number of halogens is 1. The van der Waals surface area contributed by atoms with Gasteiger partial charge in [-0.3, -0.25) is 4.79 Å². The van der Waals surface area contributed by atoms with Crippen LogP contribution in [0.5, 0.6) is 0 Å². The number of aromatic amines is 1. The molecule has 1 aromatic rings. The fourth-order valence-electron chi connectivity index (χ4n) is 1.74. The smallest absolute Gasteiger partial charge is 0.265 e. The summed E-state index contributed by atoms with van der Waals surface area (Å²) in [5.74, 6) is 1.59. The summed E-state index contributed by atoms with van der Waals surface area (Å²) >= 11 is 5.04. The van der Waals surface area contributed by atoms with Gasteiger partial charge in [-0.25, -0.2) is 4.98 Å². The lowest BCUT2D eigenvalue weighted by molar-refractivity contribution is 0.886. The Morgan fingerprint density at radius 1 is 1.53 bits per heavy atom. The number of rotatable bonds is 3. The maximum absolute atomic E-state index is 11.3. The number of aromatic nitrogens is 2. The second kappa shape index (κ2) is 5.16. The van der Waals surface area contributed by atoms with Crippen LogP contribution in [0.4, 0.5) is 0 Å². The van der Waals surface area contributed by atoms with Gasteiger partial charge in [0.2, 0.25) is 0 Å². The zero-order valence-electron chi connectivity index (χ0n) is 8.33. The molecule has 1 aliphatic carbocycles. The Kier molecular flexibility index (Phi) is 3.86. The number of nitrogens with zero attached hydrogens (tertiary/aromatic N) is 1. The average molecular weight is 289 g/mol. The first-order chi connectivity index (χ1) is 7.25. The van der Waals surface area contributed by atoms with E-state index >= 15 is 0 Å². The first kappa shape index (κ1) is 11.2. The highest BCUT2D eigenvalue weighted by Crippen LogP contribution is 2.30. The third-order valence-corrected chi connectivity index (χ3v) is 4.51. The molecule has 2 rings (SSSR count). The molecule has 0 unspecified atom stereocenters. The van der Waals surface area contributed by atoms with Crippen molar-refractivity contribution in [2.75, 3.05) is 0 Å². The molecule has 0 aliphatic heterocycles. The van der Waals surface area contributed by atoms with Crippen LogP contribution in [0.15, 0.2) is 15.5 Å². The molecule has 0 spiro atoms. The van der Waals surface area contributed by atoms with Gasteiger partial charge in [-0.15, -0.1) is 0 Å². The van der Waals surface area contributed by atoms with E-state index in [2.05, 4.69) is 25.9 Å². The number of hydrogen-bond donors (Lipinski definition) is 1. The summed E-state index contributed by atoms with van der Waals surface area (Å²) in [6, 6.07) is 0. The molecule has 1 aromatic heterocycles. The van der Waals surface area contributed by atoms with Crippen molar-refractivity contribution in [3.63, 3.8) is 0 Å². The van der Waals surface area contributed by atoms with Gasteiger partial charge < -0.3 is 4.98 Å². The van der Waals surface area contributed by atoms with Crippen molar-refractivity contribution in [2.45, 2.75) is 36.7 Å². The predicted octanol–water partition coefficient (Wildman–Crippen LogP) is 2.71. The molecule has 15 heavy (non-hydrogen) atoms. The van der Waals surface area contributed by atoms with Gasteiger partial charge in [0.05, 0.1) is 5.75 Å². The Labute approximate surface area is 101 Å². The number of H-pyrrole nitrogens is 1. The van der Waals surface area contributed by atoms with E-state index in [1.54, 1.807) is 6.20 Å². The van der Waals surface area contributed by atoms with Gasteiger partial charge in [-0.05, 0) is 28.8 Å². The molecule has 3 nitrogen and oxygen atoms in total. The summed E-state index contributed by atoms with van der Waals surface area (Å²) in [6.07, 6.45) is 6.89. The monoisotopic (exact) mass is 288 g/mol. The Morgan fingerprint density at radius 2 is 2.27 bits per heavy atom. The highest BCUT2D eigenvalue weighted by molar-refractivity contribution is 9.10. The zero-order valence-corrected chi connectivity index (χ0v) is 10.7. The second-order valence-corrected chi connectivity index (χ2v) is 5.87. The van der Waals surface area contributed by atoms with Crippen molar-refractivity contribution in [1.82, 2.24) is 9.97 Å². The Hall–Kier alpha value is -0.290. The second-order valence-electron chi connectivity index (χ2n) is 3.72. The van der Waals surface area contributed by atoms with Crippen LogP contribution in [0.25, 0.3) is 0 Å². The Balaban J connectivity index is 1.93. The molecule has 0 saturated heterocycles. The van der Waals surface area contributed by atoms with Gasteiger partial charge in [0, 0.05) is 11.4 Å². The topological polar surface area (TPSA) is 45.8 Å². The first-order valence-electron chi connectivity index (χ1n) is 5.11. The van der Waals surface area contributed by atoms with Crippen LogP contribution >= 0.6 is 27.7 Å². The van der Waals surface area contributed by atoms with Crippen LogP contribution in [0, 0.1) is 0 Å². The van der Waals surface area contributed by atoms with E-state index in [9.17, 15) is 4.79 Å². The predicted molar refractivity (Wildman–Crippen MR) is 66.1 cm³/mol. The minimum atomic E-state index is -0.0907. The number of hydrogen-bond acceptors (Lipinski definition) is 3. The van der Waals surface area contributed by atoms with Crippen molar-refractivity contribution in [1.29, 1.82) is 0 Å². The van der Waals surface area contributed by atoms with E-state index in [1.165, 1.54) is 25.7 Å². The van der Waals surface area contributed by atoms with Crippen LogP contribution in [0.2, 0.25) is 0 Å². The van der Waals surface area contributed by atoms with Crippen LogP contribution in [-0.4, -0.2) is 15.2 Å². The zero-order chi connectivity index (χ0) is 10.7. The molecular formula is C10H13BrN2OS. The molecule has 5 heteroatoms. The van der Waals surface area contributed by atoms with Gasteiger partial charge >= 0.3 is 0 Å². The van der Waals surface area contributed by atoms with Crippen molar-refractivity contribution in [3.8, 4) is 0 Å². The van der Waals surface area contributed by atoms with Crippen molar-refractivity contribution in [3.05, 3.63) is 26.8 Å². The molecule has 1 fully saturated rings. The van der Waals surface area contributed by atoms with Crippen LogP contribution in [0.1, 0.15) is 31.5 Å². The normalized spacial score (nSPS) is 17.1. The third-order valence-electron chi connectivity index (χ3n) is 2.57. The van der Waals surface area contributed by atoms with Crippen LogP contribution in [0.3, 0.4) is 0 Å². The fraction of sp³-hybridized carbons (Fsp3) is 0.600. The highest BCUT2D eigenvalue weighted by atomic mass is 79.9. The summed E-state index contributed by atoms with van der Waals surface area (Å²) in [5.41, 5.74) is -0.0907. The minimum absolute atomic E-state index is 0.0907. The van der Waals surface area contributed by atoms with E-state index in [0.717, 1.165) is 16.8 Å². The van der Waals surface area contributed by atoms with Gasteiger partial charge in [0.25, 0.3) is 5.56 Å². The van der Waals surface area contributed by atoms with Crippen LogP contribution < -0.4 is 5.56 Å². The molecule has 82 valence electrons. The van der Waals surface area contributed by atoms with Crippen molar-refractivity contribution in [2.24, 2.45) is 0 Å². The highest BCUT2D eigenvalue weighted by Gasteiger charge is 2.15. The minimum Gasteiger partial charge on any atom is -0.309 e. The number of nitrogens with one attached hydrogen (secondary N) is 1. The van der Waals surface area contributed by atoms with Gasteiger partial charge in [0.15, 0.2) is 0 Å². The van der Waals surface area contributed by atoms with E-state index in [1.807, 2.05) is 11.8 Å². The standard InChI is InChI=1S/C10H13BrN2OS/c11-8-5-12-9(13-10(8)14)6-15-7-3-1-2-4-7/h5,7H,1-4,6H2,(H,12,13,14). The first-order valence-corrected chi connectivity index (χ1v) is 6.95. The summed E-state index contributed by atoms with van der Waals surface area (Å²) in [4.78, 5) is 18.2. The largest absolute Gasteiger partial charge is 0.309 e. The summed E-state index contributed by atoms with van der Waals surface area (Å²) in [6.45, 7) is 0. The quantitative estimate of drug-likeness (QED) is 0.930. The fourth-order valence-corrected chi connectivity index (χ4v) is 3.15. The van der Waals surface area contributed by atoms with E-state index in [0.29, 0.717) is 4.47 Å². The molecule has 1 saturated carbocycles. The average Bonchev–Trinajstić information content (AvgIpc) is 2.73. The molecule has 1 N–H and O–H groups in total. The lowest BCUT2D eigenvalue weighted by Crippen LogP contribution is -2.11.